The molecule has 1 saturated heterocycles. The predicted molar refractivity (Wildman–Crippen MR) is 64.3 cm³/mol. The fourth-order valence-electron chi connectivity index (χ4n) is 1.66. The second-order valence-corrected chi connectivity index (χ2v) is 11.7. The molecule has 70 valence electrons. The second-order valence-electron chi connectivity index (χ2n) is 3.36. The molecule has 0 saturated carbocycles. The van der Waals surface area contributed by atoms with Crippen molar-refractivity contribution in [2.75, 3.05) is 7.05 Å². The molecule has 1 unspecified atom stereocenters. The molecule has 1 aliphatic heterocycles. The molecule has 2 rings (SSSR count). The summed E-state index contributed by atoms with van der Waals surface area (Å²) in [5.74, 6) is 0. The molecule has 1 aromatic rings. The van der Waals surface area contributed by atoms with E-state index >= 15 is 0 Å². The second kappa shape index (κ2) is 4.31. The van der Waals surface area contributed by atoms with E-state index in [4.69, 9.17) is 0 Å². The van der Waals surface area contributed by atoms with Gasteiger partial charge in [0.25, 0.3) is 0 Å². The summed E-state index contributed by atoms with van der Waals surface area (Å²) in [4.78, 5) is 0. The van der Waals surface area contributed by atoms with Crippen LogP contribution in [0.5, 0.6) is 0 Å². The Bertz CT molecular complexity index is 269. The van der Waals surface area contributed by atoms with Crippen LogP contribution in [0.4, 0.5) is 0 Å². The van der Waals surface area contributed by atoms with Crippen molar-refractivity contribution in [3.8, 4) is 0 Å². The van der Waals surface area contributed by atoms with Crippen molar-refractivity contribution in [1.82, 2.24) is 13.5 Å². The van der Waals surface area contributed by atoms with E-state index in [1.807, 2.05) is 0 Å². The molecule has 1 heterocycles. The van der Waals surface area contributed by atoms with Gasteiger partial charge in [0.15, 0.2) is 19.7 Å². The quantitative estimate of drug-likeness (QED) is 0.507. The van der Waals surface area contributed by atoms with Crippen LogP contribution in [-0.4, -0.2) is 40.1 Å². The molecular weight excluding hydrogens is 210 g/mol. The fraction of sp³-hybridized carbons (Fsp3) is 0.143. The Morgan fingerprint density at radius 1 is 1.31 bits per heavy atom. The molecule has 1 aromatic carbocycles. The number of nitrogens with zero attached hydrogens (tertiary/aromatic N) is 1. The minimum absolute atomic E-state index is 0.114. The van der Waals surface area contributed by atoms with Gasteiger partial charge >= 0.3 is 0 Å². The maximum atomic E-state index is 3.71. The first-order valence-corrected chi connectivity index (χ1v) is 9.00. The topological polar surface area (TPSA) is 27.3 Å². The highest BCUT2D eigenvalue weighted by Crippen LogP contribution is 1.91. The lowest BCUT2D eigenvalue weighted by Crippen LogP contribution is -2.68. The molecule has 0 spiro atoms. The Balaban J connectivity index is 2.15. The number of benzene rings is 1. The van der Waals surface area contributed by atoms with E-state index in [1.54, 1.807) is 0 Å². The number of hydrogen-bond acceptors (Lipinski definition) is 3. The van der Waals surface area contributed by atoms with Crippen LogP contribution in [0, 0.1) is 0 Å². The average Bonchev–Trinajstić information content (AvgIpc) is 2.20. The van der Waals surface area contributed by atoms with Crippen LogP contribution in [0.15, 0.2) is 30.3 Å². The first kappa shape index (κ1) is 9.31. The Kier molecular flexibility index (Phi) is 3.09. The number of rotatable bonds is 1. The molecule has 3 nitrogen and oxygen atoms in total. The van der Waals surface area contributed by atoms with Crippen LogP contribution in [0.1, 0.15) is 0 Å². The van der Waals surface area contributed by atoms with Gasteiger partial charge < -0.3 is 13.5 Å². The van der Waals surface area contributed by atoms with Crippen LogP contribution >= 0.6 is 0 Å². The van der Waals surface area contributed by atoms with E-state index < -0.39 is 9.12 Å². The maximum absolute atomic E-state index is 3.71. The van der Waals surface area contributed by atoms with Crippen molar-refractivity contribution >= 4 is 34.0 Å². The number of nitrogens with one attached hydrogen (secondary N) is 2. The highest BCUT2D eigenvalue weighted by atomic mass is 28.4. The van der Waals surface area contributed by atoms with Crippen LogP contribution in [0.2, 0.25) is 0 Å². The van der Waals surface area contributed by atoms with Gasteiger partial charge in [-0.1, -0.05) is 30.3 Å². The summed E-state index contributed by atoms with van der Waals surface area (Å²) >= 11 is 0. The lowest BCUT2D eigenvalue weighted by molar-refractivity contribution is 0.794. The minimum atomic E-state index is -0.934. The minimum Gasteiger partial charge on any atom is -0.346 e. The van der Waals surface area contributed by atoms with E-state index in [0.29, 0.717) is 0 Å². The Labute approximate surface area is 85.3 Å². The van der Waals surface area contributed by atoms with E-state index in [0.717, 1.165) is 0 Å². The molecule has 1 aliphatic rings. The van der Waals surface area contributed by atoms with Crippen LogP contribution in [0.3, 0.4) is 0 Å². The molecule has 0 radical (unpaired) electrons. The first-order valence-electron chi connectivity index (χ1n) is 4.57. The van der Waals surface area contributed by atoms with Crippen LogP contribution in [-0.2, 0) is 0 Å². The zero-order chi connectivity index (χ0) is 9.10. The molecule has 13 heavy (non-hydrogen) atoms. The van der Waals surface area contributed by atoms with Gasteiger partial charge in [-0.05, 0) is 12.2 Å². The summed E-state index contributed by atoms with van der Waals surface area (Å²) < 4.78 is 9.84. The molecule has 6 heteroatoms. The van der Waals surface area contributed by atoms with Crippen molar-refractivity contribution in [3.63, 3.8) is 0 Å². The summed E-state index contributed by atoms with van der Waals surface area (Å²) in [5, 5.41) is 1.53. The van der Waals surface area contributed by atoms with Crippen molar-refractivity contribution < 1.29 is 0 Å². The molecule has 1 fully saturated rings. The van der Waals surface area contributed by atoms with E-state index in [1.165, 1.54) is 5.19 Å². The van der Waals surface area contributed by atoms with Gasteiger partial charge in [-0.15, -0.1) is 0 Å². The van der Waals surface area contributed by atoms with E-state index in [9.17, 15) is 0 Å². The van der Waals surface area contributed by atoms with Gasteiger partial charge in [-0.25, -0.2) is 0 Å². The van der Waals surface area contributed by atoms with Gasteiger partial charge in [0.05, 0.1) is 0 Å². The summed E-state index contributed by atoms with van der Waals surface area (Å²) in [5.41, 5.74) is 0. The largest absolute Gasteiger partial charge is 0.346 e. The van der Waals surface area contributed by atoms with Crippen LogP contribution in [0.25, 0.3) is 0 Å². The Morgan fingerprint density at radius 2 is 2.08 bits per heavy atom. The van der Waals surface area contributed by atoms with Crippen molar-refractivity contribution in [2.24, 2.45) is 0 Å². The van der Waals surface area contributed by atoms with Crippen molar-refractivity contribution in [2.45, 2.75) is 0 Å². The van der Waals surface area contributed by atoms with Gasteiger partial charge in [-0.2, -0.15) is 0 Å². The van der Waals surface area contributed by atoms with Gasteiger partial charge in [0, 0.05) is 0 Å². The zero-order valence-electron chi connectivity index (χ0n) is 7.83. The molecule has 2 N–H and O–H groups in total. The summed E-state index contributed by atoms with van der Waals surface area (Å²) in [7, 11) is 1.07. The standard InChI is InChI=1S/C7H15N3Si3/c1-10-12-8-11-9-13(10)7-5-3-2-4-6-7/h2-6,8-9,13H,11-12H2,1H3. The van der Waals surface area contributed by atoms with E-state index in [-0.39, 0.29) is 19.7 Å². The number of hydrogen-bond donors (Lipinski definition) is 2. The van der Waals surface area contributed by atoms with Crippen molar-refractivity contribution in [1.29, 1.82) is 0 Å². The summed E-state index contributed by atoms with van der Waals surface area (Å²) in [6.07, 6.45) is 0. The van der Waals surface area contributed by atoms with Crippen molar-refractivity contribution in [3.05, 3.63) is 30.3 Å². The summed E-state index contributed by atoms with van der Waals surface area (Å²) in [6, 6.07) is 10.9. The third-order valence-electron chi connectivity index (χ3n) is 2.34. The lowest BCUT2D eigenvalue weighted by Gasteiger charge is -2.32. The molecular formula is C7H15N3Si3. The molecule has 1 atom stereocenters. The highest BCUT2D eigenvalue weighted by Gasteiger charge is 2.21. The third-order valence-corrected chi connectivity index (χ3v) is 10.6. The van der Waals surface area contributed by atoms with Gasteiger partial charge in [-0.3, -0.25) is 0 Å². The Morgan fingerprint density at radius 3 is 2.77 bits per heavy atom. The van der Waals surface area contributed by atoms with Gasteiger partial charge in [0.2, 0.25) is 9.12 Å². The molecule has 0 aromatic heterocycles. The first-order chi connectivity index (χ1) is 6.38. The molecule has 0 amide bonds. The fourth-order valence-corrected chi connectivity index (χ4v) is 13.1. The normalized spacial score (nSPS) is 28.2. The summed E-state index contributed by atoms with van der Waals surface area (Å²) in [6.45, 7) is 0. The highest BCUT2D eigenvalue weighted by molar-refractivity contribution is 6.82. The maximum Gasteiger partial charge on any atom is 0.207 e. The Hall–Kier alpha value is -0.249. The van der Waals surface area contributed by atoms with E-state index in [2.05, 4.69) is 50.9 Å². The smallest absolute Gasteiger partial charge is 0.207 e. The molecule has 0 bridgehead atoms. The van der Waals surface area contributed by atoms with Crippen LogP contribution < -0.4 is 14.5 Å². The SMILES string of the molecule is CN1[SiH2]N[SiH2]N[SiH]1c1ccccc1. The zero-order valence-corrected chi connectivity index (χ0v) is 11.8. The molecule has 0 aliphatic carbocycles. The third kappa shape index (κ3) is 2.16. The average molecular weight is 225 g/mol. The monoisotopic (exact) mass is 225 g/mol. The lowest BCUT2D eigenvalue weighted by atomic mass is 10.4. The predicted octanol–water partition coefficient (Wildman–Crippen LogP) is -2.76. The van der Waals surface area contributed by atoms with Gasteiger partial charge in [0.1, 0.15) is 0 Å².